The van der Waals surface area contributed by atoms with Gasteiger partial charge in [-0.1, -0.05) is 47.2 Å². The number of nitrogens with one attached hydrogen (secondary N) is 1. The molecule has 0 aliphatic heterocycles. The summed E-state index contributed by atoms with van der Waals surface area (Å²) in [5.74, 6) is 0.295. The summed E-state index contributed by atoms with van der Waals surface area (Å²) in [7, 11) is 1.59. The van der Waals surface area contributed by atoms with Crippen molar-refractivity contribution in [2.75, 3.05) is 12.4 Å². The smallest absolute Gasteiger partial charge is 0.259 e. The zero-order chi connectivity index (χ0) is 24.5. The molecule has 35 heavy (non-hydrogen) atoms. The number of halogens is 1. The molecule has 7 nitrogen and oxygen atoms in total. The van der Waals surface area contributed by atoms with Gasteiger partial charge in [0.2, 0.25) is 0 Å². The van der Waals surface area contributed by atoms with Gasteiger partial charge in [0.05, 0.1) is 30.8 Å². The third-order valence-electron chi connectivity index (χ3n) is 5.85. The number of aromatic nitrogens is 4. The third-order valence-corrected chi connectivity index (χ3v) is 7.14. The monoisotopic (exact) mass is 501 g/mol. The van der Waals surface area contributed by atoms with E-state index in [-0.39, 0.29) is 5.91 Å². The summed E-state index contributed by atoms with van der Waals surface area (Å²) in [6.45, 7) is 4.02. The highest BCUT2D eigenvalue weighted by Gasteiger charge is 2.19. The molecular formula is C26H20ClN5O2S. The number of methoxy groups -OCH3 is 1. The van der Waals surface area contributed by atoms with Crippen molar-refractivity contribution in [1.82, 2.24) is 20.2 Å². The van der Waals surface area contributed by atoms with E-state index < -0.39 is 0 Å². The molecule has 9 heteroatoms. The minimum Gasteiger partial charge on any atom is -0.496 e. The van der Waals surface area contributed by atoms with Crippen LogP contribution in [0.5, 0.6) is 5.75 Å². The fourth-order valence-corrected chi connectivity index (χ4v) is 4.87. The van der Waals surface area contributed by atoms with E-state index in [4.69, 9.17) is 21.3 Å². The molecule has 0 saturated carbocycles. The van der Waals surface area contributed by atoms with Crippen LogP contribution in [0, 0.1) is 13.8 Å². The van der Waals surface area contributed by atoms with Gasteiger partial charge in [-0.15, -0.1) is 0 Å². The van der Waals surface area contributed by atoms with Crippen molar-refractivity contribution in [3.8, 4) is 28.1 Å². The van der Waals surface area contributed by atoms with E-state index in [0.29, 0.717) is 27.5 Å². The van der Waals surface area contributed by atoms with E-state index in [2.05, 4.69) is 20.5 Å². The lowest BCUT2D eigenvalue weighted by molar-refractivity contribution is 0.102. The summed E-state index contributed by atoms with van der Waals surface area (Å²) in [5.41, 5.74) is 6.38. The summed E-state index contributed by atoms with van der Waals surface area (Å²) in [6, 6.07) is 15.1. The average molecular weight is 502 g/mol. The number of thiazole rings is 1. The van der Waals surface area contributed by atoms with Crippen LogP contribution in [0.3, 0.4) is 0 Å². The lowest BCUT2D eigenvalue weighted by atomic mass is 10.0. The molecule has 0 aliphatic rings. The van der Waals surface area contributed by atoms with Gasteiger partial charge in [0.15, 0.2) is 5.13 Å². The maximum absolute atomic E-state index is 13.2. The van der Waals surface area contributed by atoms with Gasteiger partial charge in [-0.3, -0.25) is 10.1 Å². The Morgan fingerprint density at radius 1 is 0.914 bits per heavy atom. The number of carbonyl (C=O) groups excluding carboxylic acids is 1. The summed E-state index contributed by atoms with van der Waals surface area (Å²) in [6.07, 6.45) is 2.99. The highest BCUT2D eigenvalue weighted by Crippen LogP contribution is 2.34. The number of hydrogen-bond acceptors (Lipinski definition) is 7. The number of pyridine rings is 1. The van der Waals surface area contributed by atoms with Gasteiger partial charge in [0.1, 0.15) is 16.1 Å². The molecule has 0 bridgehead atoms. The van der Waals surface area contributed by atoms with E-state index in [9.17, 15) is 4.79 Å². The summed E-state index contributed by atoms with van der Waals surface area (Å²) in [4.78, 5) is 23.3. The molecule has 0 fully saturated rings. The SMILES string of the molecule is COc1ccccc1-c1cnncc1C(=O)Nc1nc2ccc(-c3ccc(Cl)c(C)c3C)nc2s1. The number of benzene rings is 2. The summed E-state index contributed by atoms with van der Waals surface area (Å²) >= 11 is 7.56. The second-order valence-corrected chi connectivity index (χ2v) is 9.24. The van der Waals surface area contributed by atoms with Gasteiger partial charge in [-0.05, 0) is 49.2 Å². The standard InChI is InChI=1S/C26H20ClN5O2S/c1-14-15(2)20(27)9-8-16(14)21-10-11-22-25(30-21)35-26(31-22)32-24(33)19-13-29-28-12-18(19)17-6-4-5-7-23(17)34-3/h4-13H,1-3H3,(H,31,32,33). The van der Waals surface area contributed by atoms with Crippen molar-refractivity contribution in [3.63, 3.8) is 0 Å². The molecule has 0 unspecified atom stereocenters. The van der Waals surface area contributed by atoms with Crippen molar-refractivity contribution in [2.45, 2.75) is 13.8 Å². The van der Waals surface area contributed by atoms with Gasteiger partial charge in [0, 0.05) is 21.7 Å². The molecule has 2 aromatic carbocycles. The summed E-state index contributed by atoms with van der Waals surface area (Å²) < 4.78 is 5.46. The molecule has 0 radical (unpaired) electrons. The zero-order valence-electron chi connectivity index (χ0n) is 19.2. The Bertz CT molecular complexity index is 1580. The zero-order valence-corrected chi connectivity index (χ0v) is 20.7. The molecule has 0 spiro atoms. The predicted octanol–water partition coefficient (Wildman–Crippen LogP) is 6.35. The van der Waals surface area contributed by atoms with Crippen LogP contribution in [0.4, 0.5) is 5.13 Å². The molecule has 3 heterocycles. The molecule has 174 valence electrons. The van der Waals surface area contributed by atoms with Gasteiger partial charge in [-0.2, -0.15) is 10.2 Å². The minimum atomic E-state index is -0.343. The molecule has 0 atom stereocenters. The Hall–Kier alpha value is -3.88. The van der Waals surface area contributed by atoms with Crippen LogP contribution < -0.4 is 10.1 Å². The first kappa shape index (κ1) is 22.9. The number of nitrogens with zero attached hydrogens (tertiary/aromatic N) is 4. The molecular weight excluding hydrogens is 482 g/mol. The normalized spacial score (nSPS) is 11.0. The van der Waals surface area contributed by atoms with Gasteiger partial charge in [-0.25, -0.2) is 9.97 Å². The van der Waals surface area contributed by atoms with Crippen molar-refractivity contribution >= 4 is 44.3 Å². The van der Waals surface area contributed by atoms with Crippen LogP contribution in [0.1, 0.15) is 21.5 Å². The van der Waals surface area contributed by atoms with E-state index >= 15 is 0 Å². The quantitative estimate of drug-likeness (QED) is 0.302. The first-order valence-corrected chi connectivity index (χ1v) is 11.9. The number of carbonyl (C=O) groups is 1. The van der Waals surface area contributed by atoms with Crippen LogP contribution in [-0.2, 0) is 0 Å². The third kappa shape index (κ3) is 4.34. The first-order valence-electron chi connectivity index (χ1n) is 10.8. The van der Waals surface area contributed by atoms with Crippen molar-refractivity contribution < 1.29 is 9.53 Å². The van der Waals surface area contributed by atoms with E-state index in [0.717, 1.165) is 37.8 Å². The Morgan fingerprint density at radius 2 is 1.71 bits per heavy atom. The fourth-order valence-electron chi connectivity index (χ4n) is 3.83. The Morgan fingerprint density at radius 3 is 2.54 bits per heavy atom. The average Bonchev–Trinajstić information content (AvgIpc) is 3.28. The van der Waals surface area contributed by atoms with Crippen molar-refractivity contribution in [2.24, 2.45) is 0 Å². The number of para-hydroxylation sites is 1. The number of ether oxygens (including phenoxy) is 1. The predicted molar refractivity (Wildman–Crippen MR) is 139 cm³/mol. The maximum Gasteiger partial charge on any atom is 0.259 e. The number of rotatable bonds is 5. The van der Waals surface area contributed by atoms with Crippen molar-refractivity contribution in [1.29, 1.82) is 0 Å². The van der Waals surface area contributed by atoms with Crippen molar-refractivity contribution in [3.05, 3.63) is 82.6 Å². The number of hydrogen-bond donors (Lipinski definition) is 1. The molecule has 0 saturated heterocycles. The highest BCUT2D eigenvalue weighted by molar-refractivity contribution is 7.22. The maximum atomic E-state index is 13.2. The largest absolute Gasteiger partial charge is 0.496 e. The lowest BCUT2D eigenvalue weighted by Gasteiger charge is -2.11. The Labute approximate surface area is 210 Å². The lowest BCUT2D eigenvalue weighted by Crippen LogP contribution is -2.14. The topological polar surface area (TPSA) is 89.9 Å². The highest BCUT2D eigenvalue weighted by atomic mass is 35.5. The number of fused-ring (bicyclic) bond motifs is 1. The van der Waals surface area contributed by atoms with E-state index in [1.807, 2.05) is 62.4 Å². The minimum absolute atomic E-state index is 0.343. The van der Waals surface area contributed by atoms with Crippen LogP contribution in [0.15, 0.2) is 60.9 Å². The van der Waals surface area contributed by atoms with E-state index in [1.165, 1.54) is 17.5 Å². The van der Waals surface area contributed by atoms with Crippen LogP contribution >= 0.6 is 22.9 Å². The number of amides is 1. The fraction of sp³-hybridized carbons (Fsp3) is 0.115. The second-order valence-electron chi connectivity index (χ2n) is 7.86. The molecule has 0 aliphatic carbocycles. The Kier molecular flexibility index (Phi) is 6.15. The Balaban J connectivity index is 1.46. The van der Waals surface area contributed by atoms with Gasteiger partial charge >= 0.3 is 0 Å². The molecule has 3 aromatic heterocycles. The summed E-state index contributed by atoms with van der Waals surface area (Å²) in [5, 5.41) is 11.9. The van der Waals surface area contributed by atoms with Crippen LogP contribution in [-0.4, -0.2) is 33.2 Å². The van der Waals surface area contributed by atoms with E-state index in [1.54, 1.807) is 13.3 Å². The molecule has 1 N–H and O–H groups in total. The van der Waals surface area contributed by atoms with Gasteiger partial charge in [0.25, 0.3) is 5.91 Å². The second kappa shape index (κ2) is 9.40. The number of anilines is 1. The first-order chi connectivity index (χ1) is 17.0. The van der Waals surface area contributed by atoms with Crippen LogP contribution in [0.2, 0.25) is 5.02 Å². The molecule has 1 amide bonds. The molecule has 5 rings (SSSR count). The molecule has 5 aromatic rings. The van der Waals surface area contributed by atoms with Crippen LogP contribution in [0.25, 0.3) is 32.7 Å². The van der Waals surface area contributed by atoms with Gasteiger partial charge < -0.3 is 4.74 Å².